The normalized spacial score (nSPS) is 24.6. The molecule has 2 nitrogen and oxygen atoms in total. The van der Waals surface area contributed by atoms with E-state index in [-0.39, 0.29) is 0 Å². The fourth-order valence-electron chi connectivity index (χ4n) is 2.51. The zero-order chi connectivity index (χ0) is 12.3. The van der Waals surface area contributed by atoms with Crippen molar-refractivity contribution in [1.82, 2.24) is 4.90 Å². The van der Waals surface area contributed by atoms with Gasteiger partial charge in [0.15, 0.2) is 0 Å². The van der Waals surface area contributed by atoms with E-state index in [1.165, 1.54) is 17.8 Å². The third-order valence-electron chi connectivity index (χ3n) is 3.33. The highest BCUT2D eigenvalue weighted by atomic mass is 32.1. The average Bonchev–Trinajstić information content (AvgIpc) is 2.84. The smallest absolute Gasteiger partial charge is 0.0555 e. The van der Waals surface area contributed by atoms with Crippen LogP contribution in [0.5, 0.6) is 0 Å². The Labute approximate surface area is 108 Å². The summed E-state index contributed by atoms with van der Waals surface area (Å²) < 4.78 is 0. The fourth-order valence-corrected chi connectivity index (χ4v) is 3.37. The van der Waals surface area contributed by atoms with Crippen molar-refractivity contribution in [2.45, 2.75) is 32.9 Å². The summed E-state index contributed by atoms with van der Waals surface area (Å²) in [4.78, 5) is 3.94. The Morgan fingerprint density at radius 1 is 1.53 bits per heavy atom. The highest BCUT2D eigenvalue weighted by molar-refractivity contribution is 7.10. The van der Waals surface area contributed by atoms with Gasteiger partial charge in [-0.05, 0) is 30.7 Å². The van der Waals surface area contributed by atoms with Gasteiger partial charge in [-0.15, -0.1) is 11.3 Å². The second kappa shape index (κ2) is 5.68. The van der Waals surface area contributed by atoms with E-state index < -0.39 is 0 Å². The van der Waals surface area contributed by atoms with E-state index in [0.717, 1.165) is 18.0 Å². The molecule has 2 rings (SSSR count). The van der Waals surface area contributed by atoms with E-state index in [1.54, 1.807) is 11.3 Å². The molecule has 1 saturated heterocycles. The molecule has 3 heteroatoms. The summed E-state index contributed by atoms with van der Waals surface area (Å²) in [7, 11) is 0. The van der Waals surface area contributed by atoms with E-state index in [1.807, 2.05) is 0 Å². The molecule has 0 saturated carbocycles. The van der Waals surface area contributed by atoms with E-state index in [2.05, 4.69) is 42.0 Å². The highest BCUT2D eigenvalue weighted by Gasteiger charge is 2.26. The van der Waals surface area contributed by atoms with Gasteiger partial charge in [0, 0.05) is 29.6 Å². The molecule has 17 heavy (non-hydrogen) atoms. The molecule has 92 valence electrons. The van der Waals surface area contributed by atoms with Crippen molar-refractivity contribution in [2.24, 2.45) is 11.7 Å². The van der Waals surface area contributed by atoms with Gasteiger partial charge in [-0.2, -0.15) is 0 Å². The van der Waals surface area contributed by atoms with Gasteiger partial charge in [0.1, 0.15) is 0 Å². The van der Waals surface area contributed by atoms with Crippen LogP contribution in [-0.4, -0.2) is 24.0 Å². The molecule has 2 unspecified atom stereocenters. The van der Waals surface area contributed by atoms with Crippen LogP contribution in [0.25, 0.3) is 0 Å². The van der Waals surface area contributed by atoms with Crippen molar-refractivity contribution in [1.29, 1.82) is 0 Å². The number of rotatable bonds is 2. The van der Waals surface area contributed by atoms with Crippen LogP contribution in [0.3, 0.4) is 0 Å². The van der Waals surface area contributed by atoms with Crippen LogP contribution in [0, 0.1) is 17.8 Å². The molecule has 0 aliphatic carbocycles. The number of hydrogen-bond acceptors (Lipinski definition) is 3. The third-order valence-corrected chi connectivity index (χ3v) is 4.24. The van der Waals surface area contributed by atoms with Crippen LogP contribution in [0.1, 0.15) is 30.7 Å². The predicted octanol–water partition coefficient (Wildman–Crippen LogP) is 2.29. The van der Waals surface area contributed by atoms with Gasteiger partial charge in [0.2, 0.25) is 0 Å². The van der Waals surface area contributed by atoms with Gasteiger partial charge in [0.25, 0.3) is 0 Å². The van der Waals surface area contributed by atoms with Crippen molar-refractivity contribution >= 4 is 11.3 Å². The standard InChI is InChI=1S/C14H20N2S/c1-11-8-12(2)16(9-11)10-14-13(4-3-6-15)5-7-17-14/h5,7,11-12H,6,8-10,15H2,1-2H3. The molecule has 1 aliphatic heterocycles. The first-order valence-corrected chi connectivity index (χ1v) is 7.08. The quantitative estimate of drug-likeness (QED) is 0.814. The number of likely N-dealkylation sites (tertiary alicyclic amines) is 1. The SMILES string of the molecule is CC1CC(C)N(Cc2sccc2C#CCN)C1. The second-order valence-corrected chi connectivity index (χ2v) is 5.88. The molecule has 0 radical (unpaired) electrons. The van der Waals surface area contributed by atoms with Gasteiger partial charge in [-0.3, -0.25) is 4.90 Å². The Morgan fingerprint density at radius 3 is 3.00 bits per heavy atom. The third kappa shape index (κ3) is 3.10. The molecule has 1 fully saturated rings. The first-order valence-electron chi connectivity index (χ1n) is 6.20. The maximum absolute atomic E-state index is 5.42. The topological polar surface area (TPSA) is 29.3 Å². The lowest BCUT2D eigenvalue weighted by atomic mass is 10.1. The van der Waals surface area contributed by atoms with Gasteiger partial charge in [-0.25, -0.2) is 0 Å². The largest absolute Gasteiger partial charge is 0.320 e. The van der Waals surface area contributed by atoms with Crippen molar-refractivity contribution in [3.8, 4) is 11.8 Å². The Kier molecular flexibility index (Phi) is 4.22. The molecule has 2 heterocycles. The van der Waals surface area contributed by atoms with Gasteiger partial charge < -0.3 is 5.73 Å². The summed E-state index contributed by atoms with van der Waals surface area (Å²) in [6.07, 6.45) is 1.31. The molecule has 1 aromatic rings. The van der Waals surface area contributed by atoms with E-state index in [0.29, 0.717) is 12.6 Å². The summed E-state index contributed by atoms with van der Waals surface area (Å²) >= 11 is 1.81. The summed E-state index contributed by atoms with van der Waals surface area (Å²) in [5.74, 6) is 6.93. The highest BCUT2D eigenvalue weighted by Crippen LogP contribution is 2.27. The molecule has 2 N–H and O–H groups in total. The minimum absolute atomic E-state index is 0.437. The van der Waals surface area contributed by atoms with Crippen LogP contribution in [0.4, 0.5) is 0 Å². The Bertz CT molecular complexity index is 427. The minimum Gasteiger partial charge on any atom is -0.320 e. The Morgan fingerprint density at radius 2 is 2.35 bits per heavy atom. The molecular formula is C14H20N2S. The fraction of sp³-hybridized carbons (Fsp3) is 0.571. The average molecular weight is 248 g/mol. The van der Waals surface area contributed by atoms with Crippen LogP contribution in [0.15, 0.2) is 11.4 Å². The van der Waals surface area contributed by atoms with Crippen LogP contribution in [0.2, 0.25) is 0 Å². The van der Waals surface area contributed by atoms with Gasteiger partial charge in [0.05, 0.1) is 6.54 Å². The lowest BCUT2D eigenvalue weighted by Crippen LogP contribution is -2.26. The van der Waals surface area contributed by atoms with Crippen molar-refractivity contribution < 1.29 is 0 Å². The summed E-state index contributed by atoms with van der Waals surface area (Å²) in [5, 5.41) is 2.13. The van der Waals surface area contributed by atoms with Crippen molar-refractivity contribution in [2.75, 3.05) is 13.1 Å². The first-order chi connectivity index (χ1) is 8.20. The van der Waals surface area contributed by atoms with E-state index in [4.69, 9.17) is 5.73 Å². The minimum atomic E-state index is 0.437. The first kappa shape index (κ1) is 12.6. The van der Waals surface area contributed by atoms with Crippen molar-refractivity contribution in [3.63, 3.8) is 0 Å². The zero-order valence-corrected chi connectivity index (χ0v) is 11.4. The van der Waals surface area contributed by atoms with Crippen molar-refractivity contribution in [3.05, 3.63) is 21.9 Å². The molecule has 0 aromatic carbocycles. The van der Waals surface area contributed by atoms with E-state index in [9.17, 15) is 0 Å². The number of hydrogen-bond donors (Lipinski definition) is 1. The summed E-state index contributed by atoms with van der Waals surface area (Å²) in [5.41, 5.74) is 6.58. The Balaban J connectivity index is 2.06. The Hall–Kier alpha value is -0.820. The van der Waals surface area contributed by atoms with Crippen LogP contribution in [-0.2, 0) is 6.54 Å². The summed E-state index contributed by atoms with van der Waals surface area (Å²) in [6.45, 7) is 7.34. The van der Waals surface area contributed by atoms with Crippen LogP contribution >= 0.6 is 11.3 Å². The maximum atomic E-state index is 5.42. The molecular weight excluding hydrogens is 228 g/mol. The molecule has 1 aliphatic rings. The molecule has 2 atom stereocenters. The van der Waals surface area contributed by atoms with Gasteiger partial charge >= 0.3 is 0 Å². The molecule has 0 bridgehead atoms. The zero-order valence-electron chi connectivity index (χ0n) is 10.6. The molecule has 1 aromatic heterocycles. The van der Waals surface area contributed by atoms with E-state index >= 15 is 0 Å². The monoisotopic (exact) mass is 248 g/mol. The van der Waals surface area contributed by atoms with Crippen LogP contribution < -0.4 is 5.73 Å². The molecule has 0 amide bonds. The number of nitrogens with zero attached hydrogens (tertiary/aromatic N) is 1. The molecule has 0 spiro atoms. The predicted molar refractivity (Wildman–Crippen MR) is 73.9 cm³/mol. The second-order valence-electron chi connectivity index (χ2n) is 4.88. The number of thiophene rings is 1. The lowest BCUT2D eigenvalue weighted by Gasteiger charge is -2.20. The number of nitrogens with two attached hydrogens (primary N) is 1. The maximum Gasteiger partial charge on any atom is 0.0555 e. The lowest BCUT2D eigenvalue weighted by molar-refractivity contribution is 0.259. The van der Waals surface area contributed by atoms with Gasteiger partial charge in [-0.1, -0.05) is 18.8 Å². The summed E-state index contributed by atoms with van der Waals surface area (Å²) in [6, 6.07) is 2.80.